The first-order chi connectivity index (χ1) is 9.10. The largest absolute Gasteiger partial charge is 0.286 e. The van der Waals surface area contributed by atoms with E-state index in [-0.39, 0.29) is 0 Å². The van der Waals surface area contributed by atoms with Gasteiger partial charge >= 0.3 is 0 Å². The molecule has 0 saturated carbocycles. The zero-order chi connectivity index (χ0) is 14.5. The summed E-state index contributed by atoms with van der Waals surface area (Å²) in [4.78, 5) is 21.9. The van der Waals surface area contributed by atoms with Crippen molar-refractivity contribution in [3.05, 3.63) is 27.5 Å². The number of amides is 1. The summed E-state index contributed by atoms with van der Waals surface area (Å²) in [6, 6.07) is 0. The Morgan fingerprint density at radius 3 is 2.32 bits per heavy atom. The van der Waals surface area contributed by atoms with Gasteiger partial charge in [-0.2, -0.15) is 0 Å². The molecule has 3 nitrogen and oxygen atoms in total. The quantitative estimate of drug-likeness (QED) is 0.313. The maximum absolute atomic E-state index is 10.6. The van der Waals surface area contributed by atoms with Crippen LogP contribution >= 0.6 is 11.8 Å². The van der Waals surface area contributed by atoms with E-state index in [0.29, 0.717) is 6.42 Å². The summed E-state index contributed by atoms with van der Waals surface area (Å²) < 4.78 is 0. The van der Waals surface area contributed by atoms with Crippen LogP contribution in [0.25, 0.3) is 0 Å². The third-order valence-electron chi connectivity index (χ3n) is 2.62. The lowest BCUT2D eigenvalue weighted by atomic mass is 10.1. The van der Waals surface area contributed by atoms with Gasteiger partial charge in [0.05, 0.1) is 0 Å². The molecule has 19 heavy (non-hydrogen) atoms. The molecule has 0 N–H and O–H groups in total. The van der Waals surface area contributed by atoms with Gasteiger partial charge in [0.25, 0.3) is 5.91 Å². The van der Waals surface area contributed by atoms with E-state index in [1.807, 2.05) is 11.8 Å². The molecule has 0 aromatic heterocycles. The molecular weight excluding hydrogens is 258 g/mol. The highest BCUT2D eigenvalue weighted by atomic mass is 32.2. The summed E-state index contributed by atoms with van der Waals surface area (Å²) in [5.41, 5.74) is 1.33. The highest BCUT2D eigenvalue weighted by Crippen LogP contribution is 2.20. The molecule has 108 valence electrons. The highest BCUT2D eigenvalue weighted by molar-refractivity contribution is 8.03. The van der Waals surface area contributed by atoms with E-state index in [2.05, 4.69) is 38.1 Å². The van der Waals surface area contributed by atoms with E-state index in [4.69, 9.17) is 0 Å². The van der Waals surface area contributed by atoms with Crippen molar-refractivity contribution in [2.24, 2.45) is 5.18 Å². The van der Waals surface area contributed by atoms with Gasteiger partial charge in [-0.25, -0.2) is 0 Å². The SMILES string of the molecule is C/C=C(\C=C(C)C)SCCCCCCCC(=O)N=O. The molecule has 0 radical (unpaired) electrons. The van der Waals surface area contributed by atoms with Crippen LogP contribution in [0.1, 0.15) is 59.3 Å². The Hall–Kier alpha value is -0.900. The first-order valence-electron chi connectivity index (χ1n) is 6.90. The average molecular weight is 283 g/mol. The smallest absolute Gasteiger partial charge is 0.269 e. The number of unbranched alkanes of at least 4 members (excludes halogenated alkanes) is 4. The van der Waals surface area contributed by atoms with Crippen molar-refractivity contribution in [2.45, 2.75) is 59.3 Å². The van der Waals surface area contributed by atoms with Crippen molar-refractivity contribution in [3.63, 3.8) is 0 Å². The van der Waals surface area contributed by atoms with Crippen molar-refractivity contribution >= 4 is 17.7 Å². The van der Waals surface area contributed by atoms with Gasteiger partial charge in [-0.05, 0) is 39.4 Å². The summed E-state index contributed by atoms with van der Waals surface area (Å²) in [7, 11) is 0. The van der Waals surface area contributed by atoms with Crippen molar-refractivity contribution in [3.8, 4) is 0 Å². The number of nitroso groups, excluding NO2 is 1. The molecule has 0 aromatic carbocycles. The van der Waals surface area contributed by atoms with Gasteiger partial charge in [-0.1, -0.05) is 37.0 Å². The summed E-state index contributed by atoms with van der Waals surface area (Å²) in [6.45, 7) is 6.29. The lowest BCUT2D eigenvalue weighted by Crippen LogP contribution is -1.91. The van der Waals surface area contributed by atoms with Gasteiger partial charge in [0, 0.05) is 16.5 Å². The maximum atomic E-state index is 10.6. The number of rotatable bonds is 10. The third-order valence-corrected chi connectivity index (χ3v) is 3.80. The topological polar surface area (TPSA) is 46.5 Å². The molecule has 0 saturated heterocycles. The van der Waals surface area contributed by atoms with Crippen LogP contribution in [-0.2, 0) is 4.79 Å². The molecule has 0 aliphatic heterocycles. The lowest BCUT2D eigenvalue weighted by molar-refractivity contribution is -0.118. The van der Waals surface area contributed by atoms with E-state index in [0.717, 1.165) is 25.0 Å². The summed E-state index contributed by atoms with van der Waals surface area (Å²) >= 11 is 1.90. The number of carbonyl (C=O) groups is 1. The average Bonchev–Trinajstić information content (AvgIpc) is 2.39. The Bertz CT molecular complexity index is 331. The minimum atomic E-state index is -0.519. The van der Waals surface area contributed by atoms with Crippen LogP contribution in [-0.4, -0.2) is 11.7 Å². The predicted molar refractivity (Wildman–Crippen MR) is 84.2 cm³/mol. The zero-order valence-corrected chi connectivity index (χ0v) is 13.1. The number of hydrogen-bond acceptors (Lipinski definition) is 3. The van der Waals surface area contributed by atoms with Crippen LogP contribution in [0.15, 0.2) is 27.8 Å². The van der Waals surface area contributed by atoms with Crippen LogP contribution in [0.2, 0.25) is 0 Å². The fraction of sp³-hybridized carbons (Fsp3) is 0.667. The second-order valence-electron chi connectivity index (χ2n) is 4.76. The van der Waals surface area contributed by atoms with Crippen molar-refractivity contribution in [1.82, 2.24) is 0 Å². The van der Waals surface area contributed by atoms with Crippen LogP contribution in [0.3, 0.4) is 0 Å². The van der Waals surface area contributed by atoms with Crippen molar-refractivity contribution < 1.29 is 4.79 Å². The van der Waals surface area contributed by atoms with Crippen LogP contribution in [0, 0.1) is 4.91 Å². The van der Waals surface area contributed by atoms with Gasteiger partial charge in [-0.15, -0.1) is 16.7 Å². The summed E-state index contributed by atoms with van der Waals surface area (Å²) in [5, 5.41) is 2.38. The molecule has 0 spiro atoms. The molecule has 0 aromatic rings. The minimum absolute atomic E-state index is 0.307. The molecule has 0 unspecified atom stereocenters. The molecule has 0 atom stereocenters. The third kappa shape index (κ3) is 11.9. The first kappa shape index (κ1) is 18.1. The minimum Gasteiger partial charge on any atom is -0.269 e. The molecule has 0 aliphatic rings. The first-order valence-corrected chi connectivity index (χ1v) is 7.89. The second kappa shape index (κ2) is 12.2. The monoisotopic (exact) mass is 283 g/mol. The van der Waals surface area contributed by atoms with Gasteiger partial charge in [0.1, 0.15) is 0 Å². The molecule has 0 fully saturated rings. The summed E-state index contributed by atoms with van der Waals surface area (Å²) in [6.07, 6.45) is 9.96. The molecule has 1 amide bonds. The van der Waals surface area contributed by atoms with Crippen molar-refractivity contribution in [1.29, 1.82) is 0 Å². The highest BCUT2D eigenvalue weighted by Gasteiger charge is 2.00. The molecule has 0 bridgehead atoms. The Balaban J connectivity index is 3.48. The summed E-state index contributed by atoms with van der Waals surface area (Å²) in [5.74, 6) is 0.619. The Morgan fingerprint density at radius 2 is 1.74 bits per heavy atom. The number of thioether (sulfide) groups is 1. The Kier molecular flexibility index (Phi) is 11.6. The normalized spacial score (nSPS) is 11.2. The Morgan fingerprint density at radius 1 is 1.11 bits per heavy atom. The van der Waals surface area contributed by atoms with E-state index >= 15 is 0 Å². The van der Waals surface area contributed by atoms with Gasteiger partial charge in [-0.3, -0.25) is 4.79 Å². The number of allylic oxidation sites excluding steroid dienone is 3. The van der Waals surface area contributed by atoms with E-state index in [9.17, 15) is 9.70 Å². The van der Waals surface area contributed by atoms with E-state index < -0.39 is 5.91 Å². The van der Waals surface area contributed by atoms with E-state index in [1.54, 1.807) is 0 Å². The molecule has 0 heterocycles. The predicted octanol–water partition coefficient (Wildman–Crippen LogP) is 5.22. The van der Waals surface area contributed by atoms with Gasteiger partial charge in [0.15, 0.2) is 0 Å². The van der Waals surface area contributed by atoms with Crippen molar-refractivity contribution in [2.75, 3.05) is 5.75 Å². The molecule has 0 rings (SSSR count). The fourth-order valence-electron chi connectivity index (χ4n) is 1.64. The zero-order valence-electron chi connectivity index (χ0n) is 12.3. The lowest BCUT2D eigenvalue weighted by Gasteiger charge is -2.03. The fourth-order valence-corrected chi connectivity index (χ4v) is 2.71. The van der Waals surface area contributed by atoms with Crippen LogP contribution < -0.4 is 0 Å². The molecule has 4 heteroatoms. The van der Waals surface area contributed by atoms with Crippen LogP contribution in [0.4, 0.5) is 0 Å². The standard InChI is InChI=1S/C15H25NO2S/c1-4-14(12-13(2)3)19-11-9-7-5-6-8-10-15(17)16-18/h4,12H,5-11H2,1-3H3/b14-4+. The number of hydrogen-bond donors (Lipinski definition) is 0. The van der Waals surface area contributed by atoms with Gasteiger partial charge in [0.2, 0.25) is 0 Å². The number of carbonyl (C=O) groups excluding carboxylic acids is 1. The van der Waals surface area contributed by atoms with Gasteiger partial charge < -0.3 is 0 Å². The second-order valence-corrected chi connectivity index (χ2v) is 5.93. The molecule has 0 aliphatic carbocycles. The van der Waals surface area contributed by atoms with Crippen LogP contribution in [0.5, 0.6) is 0 Å². The Labute approximate surface area is 120 Å². The molecular formula is C15H25NO2S. The van der Waals surface area contributed by atoms with E-state index in [1.165, 1.54) is 23.3 Å². The number of nitrogens with zero attached hydrogens (tertiary/aromatic N) is 1. The maximum Gasteiger partial charge on any atom is 0.286 e.